The van der Waals surface area contributed by atoms with Gasteiger partial charge in [-0.2, -0.15) is 0 Å². The van der Waals surface area contributed by atoms with Crippen molar-refractivity contribution in [2.24, 2.45) is 0 Å². The first-order valence-electron chi connectivity index (χ1n) is 14.0. The molecule has 0 saturated carbocycles. The molecule has 2 aromatic heterocycles. The van der Waals surface area contributed by atoms with E-state index in [1.807, 2.05) is 70.6 Å². The Morgan fingerprint density at radius 3 is 1.06 bits per heavy atom. The van der Waals surface area contributed by atoms with Gasteiger partial charge in [-0.15, -0.1) is 47.0 Å². The van der Waals surface area contributed by atoms with E-state index in [1.165, 1.54) is 73.7 Å². The Balaban J connectivity index is 0.000000408. The molecule has 24 heteroatoms. The summed E-state index contributed by atoms with van der Waals surface area (Å²) < 4.78 is 132. The van der Waals surface area contributed by atoms with Crippen molar-refractivity contribution >= 4 is 110 Å². The molecule has 286 valence electrons. The Kier molecular flexibility index (Phi) is 14.5. The van der Waals surface area contributed by atoms with Crippen LogP contribution in [0.15, 0.2) is 74.5 Å². The number of aryl methyl sites for hydroxylation is 2. The Morgan fingerprint density at radius 1 is 0.480 bits per heavy atom. The van der Waals surface area contributed by atoms with Crippen LogP contribution < -0.4 is 9.13 Å². The van der Waals surface area contributed by atoms with E-state index >= 15 is 0 Å². The molecule has 0 aliphatic carbocycles. The van der Waals surface area contributed by atoms with Gasteiger partial charge in [0.15, 0.2) is 24.8 Å². The van der Waals surface area contributed by atoms with Crippen molar-refractivity contribution < 1.29 is 59.5 Å². The van der Waals surface area contributed by atoms with Crippen LogP contribution in [0.5, 0.6) is 0 Å². The zero-order valence-electron chi connectivity index (χ0n) is 25.9. The molecule has 0 amide bonds. The molecular formula is C26H30F12N2P2S8. The summed E-state index contributed by atoms with van der Waals surface area (Å²) in [7, 11) is -21.3. The van der Waals surface area contributed by atoms with E-state index < -0.39 is 15.6 Å². The zero-order valence-corrected chi connectivity index (χ0v) is 34.2. The Hall–Kier alpha value is 0.340. The molecule has 7 heterocycles. The van der Waals surface area contributed by atoms with E-state index in [4.69, 9.17) is 0 Å². The number of hydrogen-bond acceptors (Lipinski definition) is 8. The van der Waals surface area contributed by atoms with Gasteiger partial charge in [-0.25, -0.2) is 9.13 Å². The maximum absolute atomic E-state index is 10.7. The molecule has 0 radical (unpaired) electrons. The van der Waals surface area contributed by atoms with Crippen LogP contribution in [0.1, 0.15) is 25.7 Å². The molecule has 0 unspecified atom stereocenters. The van der Waals surface area contributed by atoms with E-state index in [-0.39, 0.29) is 0 Å². The molecular weight excluding hydrogens is 887 g/mol. The molecule has 8 bridgehead atoms. The summed E-state index contributed by atoms with van der Waals surface area (Å²) in [6, 6.07) is 9.01. The minimum absolute atomic E-state index is 1.08. The summed E-state index contributed by atoms with van der Waals surface area (Å²) in [6.07, 6.45) is 18.3. The van der Waals surface area contributed by atoms with E-state index in [0.29, 0.717) is 0 Å². The molecule has 2 aromatic rings. The predicted octanol–water partition coefficient (Wildman–Crippen LogP) is 15.8. The van der Waals surface area contributed by atoms with Gasteiger partial charge in [0.1, 0.15) is 13.1 Å². The number of pyridine rings is 2. The Labute approximate surface area is 315 Å². The molecule has 7 rings (SSSR count). The average Bonchev–Trinajstić information content (AvgIpc) is 3.57. The number of hydrogen-bond donors (Lipinski definition) is 0. The molecule has 0 N–H and O–H groups in total. The summed E-state index contributed by atoms with van der Waals surface area (Å²) in [6.45, 7) is 2.16. The topological polar surface area (TPSA) is 7.76 Å². The summed E-state index contributed by atoms with van der Waals surface area (Å²) in [5, 5.41) is 0. The van der Waals surface area contributed by atoms with Crippen molar-refractivity contribution in [3.8, 4) is 11.1 Å². The molecule has 0 spiro atoms. The monoisotopic (exact) mass is 916 g/mol. The number of aromatic nitrogens is 2. The van der Waals surface area contributed by atoms with Crippen LogP contribution >= 0.6 is 110 Å². The fraction of sp³-hybridized carbons (Fsp3) is 0.385. The normalized spacial score (nSPS) is 22.3. The van der Waals surface area contributed by atoms with Crippen LogP contribution in [0.4, 0.5) is 50.4 Å². The van der Waals surface area contributed by atoms with Crippen molar-refractivity contribution in [1.29, 1.82) is 0 Å². The van der Waals surface area contributed by atoms with Gasteiger partial charge in [0, 0.05) is 37.1 Å². The van der Waals surface area contributed by atoms with E-state index in [9.17, 15) is 50.4 Å². The second-order valence-electron chi connectivity index (χ2n) is 10.2. The summed E-state index contributed by atoms with van der Waals surface area (Å²) in [5.74, 6) is 2.38. The third-order valence-electron chi connectivity index (χ3n) is 5.82. The average molecular weight is 917 g/mol. The first-order valence-corrected chi connectivity index (χ1v) is 25.8. The van der Waals surface area contributed by atoms with Crippen LogP contribution in [-0.4, -0.2) is 24.0 Å². The standard InChI is InChI=1S/C26H30N2S8.2F6P/c1-29-21-23-31-17-5-3-11-27-13-7-19(8-14-27)20-9-15-28(16-10-20)12-4-6-18-32-24-22(30-2)34-26(36-24)25(33-21)35-23;2*1-7(2,3,4,5)6/h7-10,13-16H,3-6,11-12,17-18H2,1-2H3;;/q+2;2*-1/b26-25+;;. The van der Waals surface area contributed by atoms with Gasteiger partial charge < -0.3 is 0 Å². The first kappa shape index (κ1) is 44.7. The van der Waals surface area contributed by atoms with Gasteiger partial charge in [0.05, 0.1) is 25.4 Å². The number of rotatable bonds is 2. The third kappa shape index (κ3) is 20.7. The number of thioether (sulfide) groups is 8. The quantitative estimate of drug-likeness (QED) is 0.165. The van der Waals surface area contributed by atoms with Crippen molar-refractivity contribution in [3.05, 3.63) is 74.5 Å². The molecule has 2 nitrogen and oxygen atoms in total. The molecule has 0 fully saturated rings. The number of nitrogens with zero attached hydrogens (tertiary/aromatic N) is 2. The van der Waals surface area contributed by atoms with Crippen molar-refractivity contribution in [3.63, 3.8) is 0 Å². The molecule has 0 atom stereocenters. The number of halogens is 12. The predicted molar refractivity (Wildman–Crippen MR) is 201 cm³/mol. The van der Waals surface area contributed by atoms with Crippen molar-refractivity contribution in [2.75, 3.05) is 24.0 Å². The maximum atomic E-state index is 9.87. The summed E-state index contributed by atoms with van der Waals surface area (Å²) in [5.41, 5.74) is 2.58. The second-order valence-corrected chi connectivity index (χ2v) is 23.5. The van der Waals surface area contributed by atoms with Crippen LogP contribution in [-0.2, 0) is 13.1 Å². The van der Waals surface area contributed by atoms with Crippen LogP contribution in [0.25, 0.3) is 11.1 Å². The Morgan fingerprint density at radius 2 is 0.780 bits per heavy atom. The number of fused-ring (bicyclic) bond motifs is 2. The van der Waals surface area contributed by atoms with E-state index in [1.54, 1.807) is 0 Å². The first-order chi connectivity index (χ1) is 22.6. The molecule has 0 aromatic carbocycles. The zero-order chi connectivity index (χ0) is 37.6. The van der Waals surface area contributed by atoms with Gasteiger partial charge in [-0.1, -0.05) is 47.0 Å². The van der Waals surface area contributed by atoms with Gasteiger partial charge in [0.2, 0.25) is 0 Å². The van der Waals surface area contributed by atoms with Crippen LogP contribution in [0, 0.1) is 0 Å². The Bertz CT molecular complexity index is 1460. The fourth-order valence-electron chi connectivity index (χ4n) is 3.86. The second kappa shape index (κ2) is 16.2. The third-order valence-corrected chi connectivity index (χ3v) is 17.3. The SMILES string of the molecule is CSC1=C2SCCCC[n+]3ccc(cc3)-c3cc[n+](cc3)CCCCSC3=C(SC)S/C(=C(/S1)S2)S3.F[P-](F)(F)(F)(F)F.F[P-](F)(F)(F)(F)F. The molecule has 5 aliphatic rings. The van der Waals surface area contributed by atoms with Crippen molar-refractivity contribution in [1.82, 2.24) is 0 Å². The summed E-state index contributed by atoms with van der Waals surface area (Å²) in [4.78, 5) is 0. The van der Waals surface area contributed by atoms with Crippen LogP contribution in [0.2, 0.25) is 0 Å². The van der Waals surface area contributed by atoms with E-state index in [0.717, 1.165) is 13.1 Å². The molecule has 5 aliphatic heterocycles. The summed E-state index contributed by atoms with van der Waals surface area (Å²) >= 11 is 16.0. The molecule has 0 saturated heterocycles. The minimum atomic E-state index is -10.7. The van der Waals surface area contributed by atoms with Gasteiger partial charge in [-0.3, -0.25) is 0 Å². The van der Waals surface area contributed by atoms with Crippen LogP contribution in [0.3, 0.4) is 0 Å². The fourth-order valence-corrected chi connectivity index (χ4v) is 15.1. The molecule has 50 heavy (non-hydrogen) atoms. The van der Waals surface area contributed by atoms with Gasteiger partial charge in [-0.05, 0) is 48.0 Å². The van der Waals surface area contributed by atoms with Gasteiger partial charge in [0.25, 0.3) is 0 Å². The van der Waals surface area contributed by atoms with E-state index in [2.05, 4.69) is 94.2 Å². The van der Waals surface area contributed by atoms with Gasteiger partial charge >= 0.3 is 66.0 Å². The van der Waals surface area contributed by atoms with Crippen molar-refractivity contribution in [2.45, 2.75) is 38.8 Å².